The van der Waals surface area contributed by atoms with Gasteiger partial charge in [-0.15, -0.1) is 0 Å². The third-order valence-corrected chi connectivity index (χ3v) is 14.9. The molecule has 0 saturated heterocycles. The predicted molar refractivity (Wildman–Crippen MR) is 176 cm³/mol. The van der Waals surface area contributed by atoms with Crippen LogP contribution in [0.15, 0.2) is 57.3 Å². The zero-order valence-electron chi connectivity index (χ0n) is 29.1. The molecule has 0 N–H and O–H groups in total. The zero-order valence-corrected chi connectivity index (χ0v) is 29.1. The van der Waals surface area contributed by atoms with Crippen molar-refractivity contribution < 1.29 is 27.9 Å². The summed E-state index contributed by atoms with van der Waals surface area (Å²) >= 11 is 0. The van der Waals surface area contributed by atoms with Crippen LogP contribution in [0.1, 0.15) is 134 Å². The third-order valence-electron chi connectivity index (χ3n) is 14.9. The lowest BCUT2D eigenvalue weighted by atomic mass is 9.33. The van der Waals surface area contributed by atoms with E-state index in [9.17, 15) is 9.59 Å². The van der Waals surface area contributed by atoms with E-state index in [-0.39, 0.29) is 62.1 Å². The largest absolute Gasteiger partial charge is 0.459 e. The highest BCUT2D eigenvalue weighted by atomic mass is 16.6. The van der Waals surface area contributed by atoms with Gasteiger partial charge in [0.05, 0.1) is 19.1 Å². The van der Waals surface area contributed by atoms with Gasteiger partial charge in [0, 0.05) is 10.8 Å². The molecule has 0 spiro atoms. The molecule has 4 fully saturated rings. The van der Waals surface area contributed by atoms with Crippen molar-refractivity contribution in [3.8, 4) is 0 Å². The van der Waals surface area contributed by atoms with E-state index in [1.54, 1.807) is 29.8 Å². The van der Waals surface area contributed by atoms with Crippen LogP contribution in [0.4, 0.5) is 0 Å². The van der Waals surface area contributed by atoms with Crippen molar-refractivity contribution in [2.24, 2.45) is 50.2 Å². The van der Waals surface area contributed by atoms with Crippen LogP contribution in [0, 0.1) is 50.2 Å². The van der Waals surface area contributed by atoms with E-state index in [0.29, 0.717) is 24.4 Å². The first-order valence-corrected chi connectivity index (χ1v) is 17.8. The Balaban J connectivity index is 1.18. The van der Waals surface area contributed by atoms with Crippen LogP contribution >= 0.6 is 0 Å². The predicted octanol–water partition coefficient (Wildman–Crippen LogP) is 10.1. The molecule has 0 aliphatic heterocycles. The van der Waals surface area contributed by atoms with E-state index in [1.807, 2.05) is 0 Å². The summed E-state index contributed by atoms with van der Waals surface area (Å²) in [6.07, 6.45) is 16.6. The van der Waals surface area contributed by atoms with Crippen LogP contribution in [-0.2, 0) is 9.47 Å². The van der Waals surface area contributed by atoms with Gasteiger partial charge in [-0.3, -0.25) is 0 Å². The molecule has 0 unspecified atom stereocenters. The number of furan rings is 2. The van der Waals surface area contributed by atoms with Gasteiger partial charge in [-0.1, -0.05) is 60.1 Å². The van der Waals surface area contributed by atoms with E-state index >= 15 is 0 Å². The van der Waals surface area contributed by atoms with E-state index in [2.05, 4.69) is 54.5 Å². The summed E-state index contributed by atoms with van der Waals surface area (Å²) in [6, 6.07) is 6.87. The topological polar surface area (TPSA) is 78.9 Å². The van der Waals surface area contributed by atoms with Gasteiger partial charge in [0.2, 0.25) is 11.5 Å². The lowest BCUT2D eigenvalue weighted by Crippen LogP contribution is -2.65. The average molecular weight is 631 g/mol. The lowest BCUT2D eigenvalue weighted by molar-refractivity contribution is -0.205. The monoisotopic (exact) mass is 630 g/mol. The Kier molecular flexibility index (Phi) is 7.35. The highest BCUT2D eigenvalue weighted by molar-refractivity contribution is 5.86. The maximum Gasteiger partial charge on any atom is 0.374 e. The van der Waals surface area contributed by atoms with Crippen molar-refractivity contribution in [2.75, 3.05) is 6.61 Å². The molecular formula is C40H54O6. The molecule has 4 saturated carbocycles. The first-order valence-electron chi connectivity index (χ1n) is 17.8. The summed E-state index contributed by atoms with van der Waals surface area (Å²) in [4.78, 5) is 25.9. The number of hydrogen-bond acceptors (Lipinski definition) is 6. The summed E-state index contributed by atoms with van der Waals surface area (Å²) in [7, 11) is 0. The van der Waals surface area contributed by atoms with Crippen molar-refractivity contribution in [2.45, 2.75) is 119 Å². The maximum atomic E-state index is 13.0. The van der Waals surface area contributed by atoms with Gasteiger partial charge in [-0.2, -0.15) is 0 Å². The van der Waals surface area contributed by atoms with E-state index in [0.717, 1.165) is 57.8 Å². The quantitative estimate of drug-likeness (QED) is 0.242. The number of fused-ring (bicyclic) bond motifs is 7. The Hall–Kier alpha value is -2.76. The fourth-order valence-corrected chi connectivity index (χ4v) is 12.1. The molecular weight excluding hydrogens is 576 g/mol. The molecule has 6 heteroatoms. The molecule has 0 bridgehead atoms. The van der Waals surface area contributed by atoms with Crippen molar-refractivity contribution in [1.82, 2.24) is 0 Å². The second-order valence-electron chi connectivity index (χ2n) is 17.9. The Labute approximate surface area is 275 Å². The number of allylic oxidation sites excluding steroid dienone is 2. The highest BCUT2D eigenvalue weighted by Gasteiger charge is 2.68. The average Bonchev–Trinajstić information content (AvgIpc) is 3.74. The molecule has 46 heavy (non-hydrogen) atoms. The van der Waals surface area contributed by atoms with Crippen molar-refractivity contribution >= 4 is 11.9 Å². The molecule has 7 rings (SSSR count). The molecule has 0 radical (unpaired) electrons. The Bertz CT molecular complexity index is 1500. The van der Waals surface area contributed by atoms with Gasteiger partial charge in [-0.05, 0) is 128 Å². The van der Waals surface area contributed by atoms with Crippen molar-refractivity contribution in [3.63, 3.8) is 0 Å². The van der Waals surface area contributed by atoms with Crippen LogP contribution in [0.25, 0.3) is 0 Å². The minimum absolute atomic E-state index is 0.0225. The minimum atomic E-state index is -0.347. The number of carbonyl (C=O) groups is 2. The Morgan fingerprint density at radius 1 is 0.804 bits per heavy atom. The van der Waals surface area contributed by atoms with Gasteiger partial charge in [0.1, 0.15) is 6.10 Å². The molecule has 2 heterocycles. The van der Waals surface area contributed by atoms with Crippen LogP contribution in [-0.4, -0.2) is 24.6 Å². The van der Waals surface area contributed by atoms with Crippen molar-refractivity contribution in [3.05, 3.63) is 60.0 Å². The van der Waals surface area contributed by atoms with Gasteiger partial charge in [-0.25, -0.2) is 9.59 Å². The molecule has 5 aliphatic carbocycles. The molecule has 0 aromatic carbocycles. The fourth-order valence-electron chi connectivity index (χ4n) is 12.1. The Morgan fingerprint density at radius 2 is 1.48 bits per heavy atom. The summed E-state index contributed by atoms with van der Waals surface area (Å²) in [5.74, 6) is 1.33. The van der Waals surface area contributed by atoms with Gasteiger partial charge in [0.15, 0.2) is 0 Å². The fraction of sp³-hybridized carbons (Fsp3) is 0.700. The standard InChI is InChI=1S/C40H54O6/c1-35(2)18-20-40(25-45-33(41)28-10-8-22-43-28)21-19-38(6)26(27(40)24-35)12-13-31-37(5)16-15-32(46-34(42)29-11-9-23-44-29)36(3,4)30(37)14-17-39(31,38)7/h8-12,22-23,27,30-32H,13-21,24-25H2,1-7H3/t27-,30-,31+,32-,37-,38+,39+,40+/m0/s1. The SMILES string of the molecule is CC1(C)CC[C@]2(COC(=O)c3ccco3)CC[C@]3(C)C(=CC[C@@H]4[C@@]5(C)CC[C@H](OC(=O)c6ccco6)C(C)(C)[C@@H]5CC[C@]43C)[C@@H]2C1. The molecule has 250 valence electrons. The highest BCUT2D eigenvalue weighted by Crippen LogP contribution is 2.75. The lowest BCUT2D eigenvalue weighted by Gasteiger charge is -2.71. The first-order chi connectivity index (χ1) is 21.7. The smallest absolute Gasteiger partial charge is 0.374 e. The Morgan fingerprint density at radius 3 is 2.15 bits per heavy atom. The second-order valence-corrected chi connectivity index (χ2v) is 17.9. The second kappa shape index (κ2) is 10.6. The van der Waals surface area contributed by atoms with Crippen molar-refractivity contribution in [1.29, 1.82) is 0 Å². The molecule has 8 atom stereocenters. The number of hydrogen-bond donors (Lipinski definition) is 0. The number of ether oxygens (including phenoxy) is 2. The molecule has 2 aromatic rings. The van der Waals surface area contributed by atoms with Crippen LogP contribution in [0.5, 0.6) is 0 Å². The van der Waals surface area contributed by atoms with Gasteiger partial charge >= 0.3 is 11.9 Å². The number of carbonyl (C=O) groups excluding carboxylic acids is 2. The normalized spacial score (nSPS) is 40.7. The summed E-state index contributed by atoms with van der Waals surface area (Å²) in [6.45, 7) is 17.8. The molecule has 2 aromatic heterocycles. The number of rotatable bonds is 5. The summed E-state index contributed by atoms with van der Waals surface area (Å²) < 4.78 is 23.0. The minimum Gasteiger partial charge on any atom is -0.459 e. The summed E-state index contributed by atoms with van der Waals surface area (Å²) in [5, 5.41) is 0. The summed E-state index contributed by atoms with van der Waals surface area (Å²) in [5.41, 5.74) is 2.20. The van der Waals surface area contributed by atoms with Gasteiger partial charge in [0.25, 0.3) is 0 Å². The first kappa shape index (κ1) is 31.8. The van der Waals surface area contributed by atoms with Gasteiger partial charge < -0.3 is 18.3 Å². The van der Waals surface area contributed by atoms with Crippen LogP contribution in [0.2, 0.25) is 0 Å². The molecule has 6 nitrogen and oxygen atoms in total. The maximum absolute atomic E-state index is 13.0. The van der Waals surface area contributed by atoms with E-state index in [1.165, 1.54) is 18.9 Å². The third kappa shape index (κ3) is 4.62. The molecule has 0 amide bonds. The van der Waals surface area contributed by atoms with Crippen LogP contribution in [0.3, 0.4) is 0 Å². The zero-order chi connectivity index (χ0) is 32.8. The number of esters is 2. The van der Waals surface area contributed by atoms with Crippen LogP contribution < -0.4 is 0 Å². The molecule has 5 aliphatic rings. The van der Waals surface area contributed by atoms with E-state index < -0.39 is 0 Å². The van der Waals surface area contributed by atoms with E-state index in [4.69, 9.17) is 18.3 Å².